The molecule has 1 aliphatic rings. The van der Waals surface area contributed by atoms with Crippen molar-refractivity contribution in [2.24, 2.45) is 11.7 Å². The summed E-state index contributed by atoms with van der Waals surface area (Å²) < 4.78 is 30.4. The largest absolute Gasteiger partial charge is 0.540 e. The molecular weight excluding hydrogens is 863 g/mol. The molecule has 0 aliphatic carbocycles. The summed E-state index contributed by atoms with van der Waals surface area (Å²) in [5.41, 5.74) is 7.59. The van der Waals surface area contributed by atoms with E-state index in [1.165, 1.54) is 14.0 Å². The third-order valence-corrected chi connectivity index (χ3v) is 22.9. The molecular formula is C48H77N5O10Si2. The van der Waals surface area contributed by atoms with E-state index in [0.717, 1.165) is 11.1 Å². The summed E-state index contributed by atoms with van der Waals surface area (Å²) in [5, 5.41) is 8.19. The molecule has 2 aromatic rings. The number of amides is 5. The highest BCUT2D eigenvalue weighted by Gasteiger charge is 2.48. The molecule has 17 heteroatoms. The number of ether oxygens (including phenoxy) is 3. The summed E-state index contributed by atoms with van der Waals surface area (Å²) in [4.78, 5) is 67.5. The van der Waals surface area contributed by atoms with Gasteiger partial charge in [0.15, 0.2) is 20.2 Å². The minimum atomic E-state index is -2.53. The number of rotatable bonds is 18. The predicted molar refractivity (Wildman–Crippen MR) is 262 cm³/mol. The van der Waals surface area contributed by atoms with Gasteiger partial charge in [0, 0.05) is 18.0 Å². The Bertz CT molecular complexity index is 2030. The summed E-state index contributed by atoms with van der Waals surface area (Å²) in [6, 6.07) is 9.12. The van der Waals surface area contributed by atoms with Crippen LogP contribution in [0, 0.1) is 5.92 Å². The molecule has 0 aromatic heterocycles. The van der Waals surface area contributed by atoms with E-state index in [1.807, 2.05) is 18.3 Å². The van der Waals surface area contributed by atoms with Gasteiger partial charge in [-0.1, -0.05) is 88.3 Å². The molecule has 1 heterocycles. The Labute approximate surface area is 389 Å². The molecule has 3 rings (SSSR count). The molecule has 0 saturated carbocycles. The summed E-state index contributed by atoms with van der Waals surface area (Å²) in [6.45, 7) is 34.4. The molecule has 362 valence electrons. The molecule has 65 heavy (non-hydrogen) atoms. The molecule has 0 spiro atoms. The highest BCUT2D eigenvalue weighted by atomic mass is 28.4. The number of hydrogen-bond acceptors (Lipinski definition) is 10. The summed E-state index contributed by atoms with van der Waals surface area (Å²) in [5.74, 6) is -1.08. The van der Waals surface area contributed by atoms with E-state index in [9.17, 15) is 19.2 Å². The molecule has 3 atom stereocenters. The van der Waals surface area contributed by atoms with Crippen LogP contribution in [0.4, 0.5) is 21.0 Å². The number of anilines is 2. The molecule has 0 radical (unpaired) electrons. The number of hydrogen-bond donors (Lipinski definition) is 4. The maximum Gasteiger partial charge on any atom is 0.412 e. The van der Waals surface area contributed by atoms with Crippen molar-refractivity contribution in [2.75, 3.05) is 24.4 Å². The van der Waals surface area contributed by atoms with E-state index < -0.39 is 64.4 Å². The predicted octanol–water partition coefficient (Wildman–Crippen LogP) is 10.4. The zero-order chi connectivity index (χ0) is 49.6. The molecule has 2 aromatic carbocycles. The minimum absolute atomic E-state index is 0.0844. The Morgan fingerprint density at radius 3 is 1.86 bits per heavy atom. The Hall–Kier alpha value is -4.88. The van der Waals surface area contributed by atoms with Crippen LogP contribution in [-0.4, -0.2) is 88.9 Å². The van der Waals surface area contributed by atoms with Crippen molar-refractivity contribution < 1.29 is 47.0 Å². The quantitative estimate of drug-likeness (QED) is 0.104. The van der Waals surface area contributed by atoms with Crippen molar-refractivity contribution in [3.63, 3.8) is 0 Å². The number of carbonyl (C=O) groups excluding carboxylic acids is 5. The van der Waals surface area contributed by atoms with E-state index in [4.69, 9.17) is 28.8 Å². The first-order valence-corrected chi connectivity index (χ1v) is 27.7. The number of nitrogens with zero attached hydrogens (tertiary/aromatic N) is 1. The van der Waals surface area contributed by atoms with Crippen LogP contribution < -0.4 is 30.8 Å². The Morgan fingerprint density at radius 1 is 0.815 bits per heavy atom. The summed E-state index contributed by atoms with van der Waals surface area (Å²) in [6.07, 6.45) is -0.692. The lowest BCUT2D eigenvalue weighted by molar-refractivity contribution is -0.134. The summed E-state index contributed by atoms with van der Waals surface area (Å²) in [7, 11) is -3.26. The minimum Gasteiger partial charge on any atom is -0.540 e. The van der Waals surface area contributed by atoms with E-state index in [1.54, 1.807) is 63.8 Å². The number of methoxy groups -OCH3 is 1. The van der Waals surface area contributed by atoms with Crippen molar-refractivity contribution in [1.29, 1.82) is 0 Å². The maximum atomic E-state index is 15.1. The van der Waals surface area contributed by atoms with Crippen molar-refractivity contribution in [2.45, 2.75) is 169 Å². The van der Waals surface area contributed by atoms with Crippen LogP contribution in [0.25, 0.3) is 5.57 Å². The van der Waals surface area contributed by atoms with Crippen LogP contribution in [0.1, 0.15) is 126 Å². The van der Waals surface area contributed by atoms with Crippen LogP contribution in [0.15, 0.2) is 42.6 Å². The Kier molecular flexibility index (Phi) is 18.1. The lowest BCUT2D eigenvalue weighted by atomic mass is 10.0. The van der Waals surface area contributed by atoms with Crippen LogP contribution in [0.2, 0.25) is 34.8 Å². The highest BCUT2D eigenvalue weighted by molar-refractivity contribution is 6.78. The molecule has 15 nitrogen and oxygen atoms in total. The second-order valence-electron chi connectivity index (χ2n) is 20.8. The number of nitrogens with two attached hydrogens (primary N) is 1. The van der Waals surface area contributed by atoms with Crippen LogP contribution in [0.5, 0.6) is 11.5 Å². The number of carbonyl (C=O) groups is 5. The average molecular weight is 940 g/mol. The topological polar surface area (TPSA) is 197 Å². The van der Waals surface area contributed by atoms with Gasteiger partial charge in [-0.3, -0.25) is 19.7 Å². The first-order chi connectivity index (χ1) is 29.8. The smallest absolute Gasteiger partial charge is 0.412 e. The van der Waals surface area contributed by atoms with Gasteiger partial charge < -0.3 is 44.3 Å². The van der Waals surface area contributed by atoms with Crippen molar-refractivity contribution >= 4 is 63.5 Å². The van der Waals surface area contributed by atoms with Gasteiger partial charge >= 0.3 is 12.2 Å². The molecule has 0 saturated heterocycles. The van der Waals surface area contributed by atoms with Gasteiger partial charge in [0.05, 0.1) is 31.0 Å². The van der Waals surface area contributed by atoms with Gasteiger partial charge in [0.2, 0.25) is 5.91 Å². The first kappa shape index (κ1) is 54.5. The van der Waals surface area contributed by atoms with E-state index in [-0.39, 0.29) is 51.3 Å². The second-order valence-corrected chi connectivity index (χ2v) is 31.0. The van der Waals surface area contributed by atoms with E-state index in [2.05, 4.69) is 91.4 Å². The zero-order valence-corrected chi connectivity index (χ0v) is 44.1. The van der Waals surface area contributed by atoms with Gasteiger partial charge in [0.25, 0.3) is 20.1 Å². The first-order valence-electron chi connectivity index (χ1n) is 22.6. The molecule has 5 N–H and O–H groups in total. The van der Waals surface area contributed by atoms with Gasteiger partial charge in [0.1, 0.15) is 17.4 Å². The fraction of sp³-hybridized carbons (Fsp3) is 0.604. The summed E-state index contributed by atoms with van der Waals surface area (Å²) >= 11 is 0. The molecule has 1 aliphatic heterocycles. The number of primary amides is 1. The normalized spacial score (nSPS) is 15.7. The third-order valence-electron chi connectivity index (χ3n) is 12.4. The lowest BCUT2D eigenvalue weighted by Crippen LogP contribution is -2.50. The van der Waals surface area contributed by atoms with Crippen molar-refractivity contribution in [1.82, 2.24) is 10.2 Å². The SMILES string of the molecule is COc1cc(C(=O)N2C=C(c3ccc(NC(=O)[C@H](C)NC(=O)[C@@H](OC(N)=O)C(C)C)cc3)C[C@H]2CO[Si](C)(C)C(C)(C)C)c(NC(=O)OC(C)(C)C)cc1O[Si](C(C)C)(C(C)C)C(C)C. The Balaban J connectivity index is 2.10. The maximum absolute atomic E-state index is 15.1. The molecule has 0 bridgehead atoms. The zero-order valence-electron chi connectivity index (χ0n) is 42.1. The second kappa shape index (κ2) is 21.6. The molecule has 0 unspecified atom stereocenters. The van der Waals surface area contributed by atoms with Gasteiger partial charge in [-0.25, -0.2) is 9.59 Å². The van der Waals surface area contributed by atoms with Crippen molar-refractivity contribution in [3.8, 4) is 11.5 Å². The third kappa shape index (κ3) is 13.8. The van der Waals surface area contributed by atoms with Crippen LogP contribution in [0.3, 0.4) is 0 Å². The standard InChI is InChI=1S/C48H77N5O10Si2/c1-28(2)41(61-45(49)57)43(55)50-32(9)42(54)51-35-21-19-33(20-22-35)34-23-36(27-60-64(17,18)48(13,14)15)53(26-34)44(56)37-24-39(59-16)40(25-38(37)52-46(58)62-47(10,11)12)63-65(29(3)4,30(5)6)31(7)8/h19-22,24-26,28-32,36,41H,23,27H2,1-18H3,(H2,49,57)(H,50,55)(H,51,54)(H,52,58)/t32-,36-,41-/m0/s1. The average Bonchev–Trinajstić information content (AvgIpc) is 3.60. The number of nitrogens with one attached hydrogen (secondary N) is 3. The van der Waals surface area contributed by atoms with E-state index in [0.29, 0.717) is 23.6 Å². The van der Waals surface area contributed by atoms with Crippen molar-refractivity contribution in [3.05, 3.63) is 53.7 Å². The van der Waals surface area contributed by atoms with Crippen LogP contribution in [-0.2, 0) is 23.5 Å². The fourth-order valence-electron chi connectivity index (χ4n) is 7.93. The number of benzene rings is 2. The monoisotopic (exact) mass is 940 g/mol. The lowest BCUT2D eigenvalue weighted by Gasteiger charge is -2.42. The van der Waals surface area contributed by atoms with Gasteiger partial charge in [-0.2, -0.15) is 0 Å². The molecule has 0 fully saturated rings. The fourth-order valence-corrected chi connectivity index (χ4v) is 14.2. The van der Waals surface area contributed by atoms with E-state index >= 15 is 4.79 Å². The van der Waals surface area contributed by atoms with Crippen LogP contribution >= 0.6 is 0 Å². The highest BCUT2D eigenvalue weighted by Crippen LogP contribution is 2.47. The van der Waals surface area contributed by atoms with Gasteiger partial charge in [-0.15, -0.1) is 0 Å². The Morgan fingerprint density at radius 2 is 1.38 bits per heavy atom. The molecule has 5 amide bonds. The van der Waals surface area contributed by atoms with Gasteiger partial charge in [-0.05, 0) is 104 Å².